The molecule has 1 fully saturated rings. The number of hydrogen-bond donors (Lipinski definition) is 2. The minimum Gasteiger partial charge on any atom is -0.465 e. The number of hydrogen-bond acceptors (Lipinski definition) is 5. The van der Waals surface area contributed by atoms with Gasteiger partial charge in [-0.3, -0.25) is 5.10 Å². The van der Waals surface area contributed by atoms with Crippen molar-refractivity contribution < 1.29 is 27.8 Å². The highest BCUT2D eigenvalue weighted by atomic mass is 19.4. The van der Waals surface area contributed by atoms with Gasteiger partial charge in [0.25, 0.3) is 0 Å². The molecular formula is C24H23F3N6O3. The van der Waals surface area contributed by atoms with E-state index in [9.17, 15) is 23.1 Å². The van der Waals surface area contributed by atoms with Gasteiger partial charge in [0.15, 0.2) is 5.65 Å². The molecule has 1 aromatic carbocycles. The van der Waals surface area contributed by atoms with E-state index in [2.05, 4.69) is 19.9 Å². The average Bonchev–Trinajstić information content (AvgIpc) is 3.40. The van der Waals surface area contributed by atoms with Crippen LogP contribution in [0.5, 0.6) is 5.75 Å². The van der Waals surface area contributed by atoms with E-state index in [1.165, 1.54) is 29.2 Å². The zero-order valence-electron chi connectivity index (χ0n) is 19.6. The average molecular weight is 500 g/mol. The van der Waals surface area contributed by atoms with Crippen molar-refractivity contribution in [2.75, 3.05) is 6.54 Å². The normalized spacial score (nSPS) is 18.3. The molecule has 4 aromatic rings. The summed E-state index contributed by atoms with van der Waals surface area (Å²) in [4.78, 5) is 17.8. The van der Waals surface area contributed by atoms with E-state index in [0.717, 1.165) is 16.5 Å². The molecule has 2 N–H and O–H groups in total. The number of aromatic nitrogens is 5. The summed E-state index contributed by atoms with van der Waals surface area (Å²) in [6.45, 7) is 6.20. The summed E-state index contributed by atoms with van der Waals surface area (Å²) >= 11 is 0. The minimum absolute atomic E-state index is 0.215. The molecule has 36 heavy (non-hydrogen) atoms. The Morgan fingerprint density at radius 2 is 1.89 bits per heavy atom. The van der Waals surface area contributed by atoms with E-state index < -0.39 is 12.5 Å². The Bertz CT molecular complexity index is 1410. The summed E-state index contributed by atoms with van der Waals surface area (Å²) in [5.74, 6) is -0.564. The Labute approximate surface area is 203 Å². The molecule has 1 saturated heterocycles. The molecule has 1 aliphatic rings. The van der Waals surface area contributed by atoms with Gasteiger partial charge in [-0.1, -0.05) is 20.8 Å². The first kappa shape index (κ1) is 23.6. The first-order chi connectivity index (χ1) is 16.9. The van der Waals surface area contributed by atoms with E-state index in [-0.39, 0.29) is 29.7 Å². The molecule has 12 heteroatoms. The molecule has 2 unspecified atom stereocenters. The number of rotatable bonds is 4. The third-order valence-electron chi connectivity index (χ3n) is 6.31. The highest BCUT2D eigenvalue weighted by Crippen LogP contribution is 2.46. The van der Waals surface area contributed by atoms with Crippen molar-refractivity contribution in [3.8, 4) is 22.6 Å². The van der Waals surface area contributed by atoms with E-state index >= 15 is 0 Å². The molecule has 0 spiro atoms. The fourth-order valence-corrected chi connectivity index (χ4v) is 4.94. The topological polar surface area (TPSA) is 109 Å². The van der Waals surface area contributed by atoms with Gasteiger partial charge in [0.1, 0.15) is 5.75 Å². The number of ether oxygens (including phenoxy) is 1. The Kier molecular flexibility index (Phi) is 5.42. The van der Waals surface area contributed by atoms with Crippen molar-refractivity contribution in [1.29, 1.82) is 0 Å². The van der Waals surface area contributed by atoms with Crippen molar-refractivity contribution >= 4 is 17.1 Å². The molecule has 9 nitrogen and oxygen atoms in total. The Morgan fingerprint density at radius 1 is 1.17 bits per heavy atom. The predicted molar refractivity (Wildman–Crippen MR) is 124 cm³/mol. The SMILES string of the molecule is CC(C)(C)C1C(c2nn(-c3ccc(OC(F)(F)F)cc3)c3nccc(-c4cn[nH]c4)c23)CN1C(=O)O. The van der Waals surface area contributed by atoms with Crippen LogP contribution in [0.25, 0.3) is 27.8 Å². The second-order valence-corrected chi connectivity index (χ2v) is 9.74. The van der Waals surface area contributed by atoms with Gasteiger partial charge in [0.2, 0.25) is 0 Å². The summed E-state index contributed by atoms with van der Waals surface area (Å²) < 4.78 is 43.4. The van der Waals surface area contributed by atoms with Gasteiger partial charge in [0.05, 0.1) is 29.0 Å². The van der Waals surface area contributed by atoms with Crippen molar-refractivity contribution in [2.45, 2.75) is 39.1 Å². The number of nitrogens with zero attached hydrogens (tertiary/aromatic N) is 5. The standard InChI is InChI=1S/C24H23F3N6O3/c1-23(2,3)20-17(12-32(20)22(34)35)19-18-16(13-10-29-30-11-13)8-9-28-21(18)33(31-19)14-4-6-15(7-5-14)36-24(25,26)27/h4-11,17,20H,12H2,1-3H3,(H,29,30)(H,34,35). The molecule has 1 amide bonds. The number of benzene rings is 1. The monoisotopic (exact) mass is 500 g/mol. The summed E-state index contributed by atoms with van der Waals surface area (Å²) in [5, 5.41) is 22.2. The van der Waals surface area contributed by atoms with Crippen LogP contribution >= 0.6 is 0 Å². The van der Waals surface area contributed by atoms with Crippen LogP contribution in [-0.2, 0) is 0 Å². The highest BCUT2D eigenvalue weighted by molar-refractivity contribution is 5.96. The van der Waals surface area contributed by atoms with Crippen LogP contribution in [0, 0.1) is 5.41 Å². The molecular weight excluding hydrogens is 477 g/mol. The number of H-pyrrole nitrogens is 1. The molecule has 1 aliphatic heterocycles. The molecule has 2 atom stereocenters. The largest absolute Gasteiger partial charge is 0.573 e. The van der Waals surface area contributed by atoms with Crippen LogP contribution < -0.4 is 4.74 Å². The van der Waals surface area contributed by atoms with Gasteiger partial charge in [-0.2, -0.15) is 10.2 Å². The number of fused-ring (bicyclic) bond motifs is 1. The van der Waals surface area contributed by atoms with Gasteiger partial charge < -0.3 is 14.7 Å². The molecule has 4 heterocycles. The van der Waals surface area contributed by atoms with Gasteiger partial charge in [0, 0.05) is 30.4 Å². The third kappa shape index (κ3) is 4.12. The number of amides is 1. The molecule has 3 aromatic heterocycles. The van der Waals surface area contributed by atoms with E-state index in [1.54, 1.807) is 23.3 Å². The van der Waals surface area contributed by atoms with Crippen LogP contribution in [0.4, 0.5) is 18.0 Å². The maximum Gasteiger partial charge on any atom is 0.573 e. The summed E-state index contributed by atoms with van der Waals surface area (Å²) in [6.07, 6.45) is -0.756. The third-order valence-corrected chi connectivity index (χ3v) is 6.31. The van der Waals surface area contributed by atoms with Crippen LogP contribution in [0.1, 0.15) is 32.4 Å². The van der Waals surface area contributed by atoms with Crippen LogP contribution in [0.3, 0.4) is 0 Å². The maximum absolute atomic E-state index is 12.6. The number of alkyl halides is 3. The molecule has 0 saturated carbocycles. The van der Waals surface area contributed by atoms with E-state index in [0.29, 0.717) is 17.0 Å². The molecule has 0 aliphatic carbocycles. The lowest BCUT2D eigenvalue weighted by Gasteiger charge is -2.52. The van der Waals surface area contributed by atoms with Gasteiger partial charge in [-0.15, -0.1) is 13.2 Å². The Balaban J connectivity index is 1.67. The lowest BCUT2D eigenvalue weighted by Crippen LogP contribution is -2.62. The number of aromatic amines is 1. The van der Waals surface area contributed by atoms with Crippen LogP contribution in [0.15, 0.2) is 48.9 Å². The number of likely N-dealkylation sites (tertiary alicyclic amines) is 1. The van der Waals surface area contributed by atoms with E-state index in [1.807, 2.05) is 26.8 Å². The maximum atomic E-state index is 12.6. The van der Waals surface area contributed by atoms with Gasteiger partial charge >= 0.3 is 12.5 Å². The molecule has 188 valence electrons. The zero-order valence-corrected chi connectivity index (χ0v) is 19.6. The molecule has 0 radical (unpaired) electrons. The number of carbonyl (C=O) groups is 1. The summed E-state index contributed by atoms with van der Waals surface area (Å²) in [5.41, 5.74) is 2.90. The number of halogens is 3. The molecule has 5 rings (SSSR count). The lowest BCUT2D eigenvalue weighted by molar-refractivity contribution is -0.274. The zero-order chi connectivity index (χ0) is 25.8. The van der Waals surface area contributed by atoms with Crippen molar-refractivity contribution in [3.63, 3.8) is 0 Å². The Morgan fingerprint density at radius 3 is 2.47 bits per heavy atom. The fraction of sp³-hybridized carbons (Fsp3) is 0.333. The molecule has 0 bridgehead atoms. The summed E-state index contributed by atoms with van der Waals surface area (Å²) in [7, 11) is 0. The predicted octanol–water partition coefficient (Wildman–Crippen LogP) is 5.20. The quantitative estimate of drug-likeness (QED) is 0.399. The van der Waals surface area contributed by atoms with Gasteiger partial charge in [-0.05, 0) is 41.3 Å². The first-order valence-corrected chi connectivity index (χ1v) is 11.2. The smallest absolute Gasteiger partial charge is 0.465 e. The van der Waals surface area contributed by atoms with Gasteiger partial charge in [-0.25, -0.2) is 14.5 Å². The second kappa shape index (κ2) is 8.25. The second-order valence-electron chi connectivity index (χ2n) is 9.74. The van der Waals surface area contributed by atoms with Crippen molar-refractivity contribution in [1.82, 2.24) is 29.9 Å². The Hall–Kier alpha value is -4.09. The van der Waals surface area contributed by atoms with Crippen LogP contribution in [0.2, 0.25) is 0 Å². The highest BCUT2D eigenvalue weighted by Gasteiger charge is 2.51. The van der Waals surface area contributed by atoms with Crippen molar-refractivity contribution in [2.24, 2.45) is 5.41 Å². The van der Waals surface area contributed by atoms with E-state index in [4.69, 9.17) is 5.10 Å². The summed E-state index contributed by atoms with van der Waals surface area (Å²) in [6, 6.07) is 6.86. The number of pyridine rings is 1. The first-order valence-electron chi connectivity index (χ1n) is 11.2. The lowest BCUT2D eigenvalue weighted by atomic mass is 9.70. The van der Waals surface area contributed by atoms with Crippen LogP contribution in [-0.4, -0.2) is 60.0 Å². The number of nitrogens with one attached hydrogen (secondary N) is 1. The van der Waals surface area contributed by atoms with Crippen molar-refractivity contribution in [3.05, 3.63) is 54.6 Å². The number of carboxylic acid groups (broad SMARTS) is 1. The fourth-order valence-electron chi connectivity index (χ4n) is 4.94. The minimum atomic E-state index is -4.80.